The van der Waals surface area contributed by atoms with Crippen molar-refractivity contribution in [2.24, 2.45) is 0 Å². The van der Waals surface area contributed by atoms with E-state index < -0.39 is 5.97 Å². The fourth-order valence-electron chi connectivity index (χ4n) is 1.75. The molecule has 0 aliphatic heterocycles. The van der Waals surface area contributed by atoms with Crippen molar-refractivity contribution in [2.75, 3.05) is 7.11 Å². The molecule has 0 atom stereocenters. The summed E-state index contributed by atoms with van der Waals surface area (Å²) in [4.78, 5) is 15.6. The largest absolute Gasteiger partial charge is 0.464 e. The van der Waals surface area contributed by atoms with Crippen LogP contribution in [-0.4, -0.2) is 22.6 Å². The highest BCUT2D eigenvalue weighted by atomic mass is 19.1. The van der Waals surface area contributed by atoms with E-state index in [4.69, 9.17) is 0 Å². The van der Waals surface area contributed by atoms with Gasteiger partial charge in [0.25, 0.3) is 0 Å². The summed E-state index contributed by atoms with van der Waals surface area (Å²) in [6.07, 6.45) is 1.46. The third-order valence-corrected chi connectivity index (χ3v) is 2.68. The molecule has 0 fully saturated rings. The number of carbonyl (C=O) groups is 1. The number of ether oxygens (including phenoxy) is 1. The van der Waals surface area contributed by atoms with E-state index in [0.29, 0.717) is 18.1 Å². The lowest BCUT2D eigenvalue weighted by Gasteiger charge is -2.09. The molecule has 0 saturated heterocycles. The zero-order valence-corrected chi connectivity index (χ0v) is 10.2. The van der Waals surface area contributed by atoms with Gasteiger partial charge in [-0.15, -0.1) is 0 Å². The van der Waals surface area contributed by atoms with Crippen LogP contribution in [0.5, 0.6) is 0 Å². The second-order valence-corrected chi connectivity index (χ2v) is 3.90. The van der Waals surface area contributed by atoms with Crippen LogP contribution in [0.25, 0.3) is 0 Å². The number of methoxy groups -OCH3 is 1. The van der Waals surface area contributed by atoms with Crippen LogP contribution in [0.2, 0.25) is 0 Å². The number of hydrogen-bond donors (Lipinski definition) is 0. The molecule has 1 heterocycles. The number of halogens is 1. The Morgan fingerprint density at radius 1 is 1.50 bits per heavy atom. The average Bonchev–Trinajstić information content (AvgIpc) is 2.70. The summed E-state index contributed by atoms with van der Waals surface area (Å²) in [7, 11) is 1.32. The predicted molar refractivity (Wildman–Crippen MR) is 63.8 cm³/mol. The maximum Gasteiger partial charge on any atom is 0.356 e. The molecule has 94 valence electrons. The molecule has 0 bridgehead atoms. The van der Waals surface area contributed by atoms with Gasteiger partial charge in [-0.1, -0.05) is 12.1 Å². The van der Waals surface area contributed by atoms with Gasteiger partial charge in [0.15, 0.2) is 0 Å². The molecule has 1 aromatic heterocycles. The Hall–Kier alpha value is -2.17. The highest BCUT2D eigenvalue weighted by Crippen LogP contribution is 2.11. The summed E-state index contributed by atoms with van der Waals surface area (Å²) in [5.41, 5.74) is 1.13. The topological polar surface area (TPSA) is 44.1 Å². The van der Waals surface area contributed by atoms with Crippen molar-refractivity contribution in [3.63, 3.8) is 0 Å². The van der Waals surface area contributed by atoms with Gasteiger partial charge in [-0.3, -0.25) is 0 Å². The van der Waals surface area contributed by atoms with Gasteiger partial charge in [0.1, 0.15) is 17.3 Å². The van der Waals surface area contributed by atoms with Crippen LogP contribution in [0.1, 0.15) is 21.9 Å². The van der Waals surface area contributed by atoms with Crippen molar-refractivity contribution in [3.8, 4) is 0 Å². The van der Waals surface area contributed by atoms with Gasteiger partial charge in [-0.2, -0.15) is 0 Å². The van der Waals surface area contributed by atoms with Crippen molar-refractivity contribution in [1.82, 2.24) is 9.55 Å². The monoisotopic (exact) mass is 248 g/mol. The van der Waals surface area contributed by atoms with E-state index in [1.165, 1.54) is 25.4 Å². The van der Waals surface area contributed by atoms with Crippen molar-refractivity contribution in [1.29, 1.82) is 0 Å². The second-order valence-electron chi connectivity index (χ2n) is 3.90. The lowest BCUT2D eigenvalue weighted by molar-refractivity contribution is 0.0588. The van der Waals surface area contributed by atoms with E-state index in [1.54, 1.807) is 23.6 Å². The average molecular weight is 248 g/mol. The van der Waals surface area contributed by atoms with E-state index in [9.17, 15) is 9.18 Å². The number of aryl methyl sites for hydroxylation is 1. The Morgan fingerprint density at radius 3 is 2.94 bits per heavy atom. The number of esters is 1. The molecule has 0 amide bonds. The minimum Gasteiger partial charge on any atom is -0.464 e. The first-order valence-corrected chi connectivity index (χ1v) is 5.46. The maximum absolute atomic E-state index is 13.1. The van der Waals surface area contributed by atoms with E-state index in [1.807, 2.05) is 0 Å². The standard InChI is InChI=1S/C13H13FN2O2/c1-9-15-7-12(13(17)18-2)16(9)8-10-4-3-5-11(14)6-10/h3-7H,8H2,1-2H3. The number of benzene rings is 1. The molecule has 1 aromatic carbocycles. The molecule has 0 spiro atoms. The summed E-state index contributed by atoms with van der Waals surface area (Å²) in [5.74, 6) is -0.0726. The molecular formula is C13H13FN2O2. The van der Waals surface area contributed by atoms with Crippen LogP contribution in [0.4, 0.5) is 4.39 Å². The van der Waals surface area contributed by atoms with Gasteiger partial charge in [0.05, 0.1) is 13.3 Å². The van der Waals surface area contributed by atoms with Crippen molar-refractivity contribution in [2.45, 2.75) is 13.5 Å². The Kier molecular flexibility index (Phi) is 3.41. The molecule has 2 aromatic rings. The number of nitrogens with zero attached hydrogens (tertiary/aromatic N) is 2. The molecule has 2 rings (SSSR count). The molecular weight excluding hydrogens is 235 g/mol. The fraction of sp³-hybridized carbons (Fsp3) is 0.231. The zero-order valence-electron chi connectivity index (χ0n) is 10.2. The quantitative estimate of drug-likeness (QED) is 0.782. The van der Waals surface area contributed by atoms with Gasteiger partial charge < -0.3 is 9.30 Å². The number of hydrogen-bond acceptors (Lipinski definition) is 3. The Balaban J connectivity index is 2.34. The van der Waals surface area contributed by atoms with E-state index in [-0.39, 0.29) is 5.82 Å². The van der Waals surface area contributed by atoms with Crippen LogP contribution in [0, 0.1) is 12.7 Å². The third-order valence-electron chi connectivity index (χ3n) is 2.68. The number of imidazole rings is 1. The molecule has 0 unspecified atom stereocenters. The molecule has 0 radical (unpaired) electrons. The van der Waals surface area contributed by atoms with Crippen molar-refractivity contribution in [3.05, 3.63) is 53.4 Å². The Bertz CT molecular complexity index is 578. The minimum atomic E-state index is -0.452. The number of aromatic nitrogens is 2. The second kappa shape index (κ2) is 5.00. The number of carbonyl (C=O) groups excluding carboxylic acids is 1. The summed E-state index contributed by atoms with van der Waals surface area (Å²) < 4.78 is 19.5. The van der Waals surface area contributed by atoms with Crippen LogP contribution in [-0.2, 0) is 11.3 Å². The summed E-state index contributed by atoms with van der Waals surface area (Å²) in [5, 5.41) is 0. The highest BCUT2D eigenvalue weighted by molar-refractivity contribution is 5.87. The minimum absolute atomic E-state index is 0.301. The lowest BCUT2D eigenvalue weighted by Crippen LogP contribution is -2.12. The molecule has 0 N–H and O–H groups in total. The molecule has 0 aliphatic rings. The highest BCUT2D eigenvalue weighted by Gasteiger charge is 2.15. The number of rotatable bonds is 3. The lowest BCUT2D eigenvalue weighted by atomic mass is 10.2. The first kappa shape index (κ1) is 12.3. The summed E-state index contributed by atoms with van der Waals surface area (Å²) >= 11 is 0. The summed E-state index contributed by atoms with van der Waals surface area (Å²) in [6, 6.07) is 6.24. The van der Waals surface area contributed by atoms with Crippen molar-refractivity contribution >= 4 is 5.97 Å². The Labute approximate surface area is 104 Å². The SMILES string of the molecule is COC(=O)c1cnc(C)n1Cc1cccc(F)c1. The molecule has 0 aliphatic carbocycles. The smallest absolute Gasteiger partial charge is 0.356 e. The van der Waals surface area contributed by atoms with E-state index in [2.05, 4.69) is 9.72 Å². The zero-order chi connectivity index (χ0) is 13.1. The first-order valence-electron chi connectivity index (χ1n) is 5.46. The fourth-order valence-corrected chi connectivity index (χ4v) is 1.75. The Morgan fingerprint density at radius 2 is 2.28 bits per heavy atom. The van der Waals surface area contributed by atoms with Crippen LogP contribution in [0.15, 0.2) is 30.5 Å². The van der Waals surface area contributed by atoms with Gasteiger partial charge >= 0.3 is 5.97 Å². The molecule has 18 heavy (non-hydrogen) atoms. The molecule has 0 saturated carbocycles. The molecule has 5 heteroatoms. The van der Waals surface area contributed by atoms with Crippen LogP contribution in [0.3, 0.4) is 0 Å². The molecule has 4 nitrogen and oxygen atoms in total. The van der Waals surface area contributed by atoms with Gasteiger partial charge in [0, 0.05) is 6.54 Å². The maximum atomic E-state index is 13.1. The van der Waals surface area contributed by atoms with E-state index in [0.717, 1.165) is 5.56 Å². The summed E-state index contributed by atoms with van der Waals surface area (Å²) in [6.45, 7) is 2.17. The predicted octanol–water partition coefficient (Wildman–Crippen LogP) is 2.17. The third kappa shape index (κ3) is 2.40. The van der Waals surface area contributed by atoms with Crippen LogP contribution >= 0.6 is 0 Å². The van der Waals surface area contributed by atoms with E-state index >= 15 is 0 Å². The van der Waals surface area contributed by atoms with Crippen molar-refractivity contribution < 1.29 is 13.9 Å². The van der Waals surface area contributed by atoms with Gasteiger partial charge in [-0.25, -0.2) is 14.2 Å². The normalized spacial score (nSPS) is 10.4. The van der Waals surface area contributed by atoms with Gasteiger partial charge in [-0.05, 0) is 24.6 Å². The van der Waals surface area contributed by atoms with Gasteiger partial charge in [0.2, 0.25) is 0 Å². The first-order chi connectivity index (χ1) is 8.61. The van der Waals surface area contributed by atoms with Crippen LogP contribution < -0.4 is 0 Å².